The summed E-state index contributed by atoms with van der Waals surface area (Å²) >= 11 is 5.77. The van der Waals surface area contributed by atoms with Gasteiger partial charge in [0.15, 0.2) is 0 Å². The summed E-state index contributed by atoms with van der Waals surface area (Å²) < 4.78 is 7.68. The molecule has 3 heteroatoms. The molecule has 0 aliphatic rings. The maximum Gasteiger partial charge on any atom is 0.0728 e. The summed E-state index contributed by atoms with van der Waals surface area (Å²) in [6.07, 6.45) is 0. The second-order valence-corrected chi connectivity index (χ2v) is 4.47. The molecule has 0 amide bonds. The highest BCUT2D eigenvalue weighted by atomic mass is 127. The Morgan fingerprint density at radius 1 is 1.50 bits per heavy atom. The van der Waals surface area contributed by atoms with Gasteiger partial charge in [0.25, 0.3) is 0 Å². The normalized spacial score (nSPS) is 10.2. The van der Waals surface area contributed by atoms with Gasteiger partial charge in [-0.25, -0.2) is 0 Å². The molecule has 0 spiro atoms. The van der Waals surface area contributed by atoms with Crippen molar-refractivity contribution in [1.82, 2.24) is 0 Å². The number of hydrogen-bond donors (Lipinski definition) is 0. The van der Waals surface area contributed by atoms with E-state index in [0.29, 0.717) is 6.61 Å². The monoisotopic (exact) mass is 340 g/mol. The van der Waals surface area contributed by atoms with Gasteiger partial charge >= 0.3 is 0 Å². The smallest absolute Gasteiger partial charge is 0.0728 e. The molecule has 1 nitrogen and oxygen atoms in total. The highest BCUT2D eigenvalue weighted by molar-refractivity contribution is 14.1. The van der Waals surface area contributed by atoms with Gasteiger partial charge < -0.3 is 4.74 Å². The molecular weight excluding hydrogens is 331 g/mol. The predicted molar refractivity (Wildman–Crippen MR) is 62.2 cm³/mol. The average Bonchev–Trinajstić information content (AvgIpc) is 2.07. The second-order valence-electron chi connectivity index (χ2n) is 2.37. The first kappa shape index (κ1) is 10.5. The fourth-order valence-corrected chi connectivity index (χ4v) is 1.78. The van der Waals surface area contributed by atoms with E-state index >= 15 is 0 Å². The second kappa shape index (κ2) is 5.19. The van der Waals surface area contributed by atoms with Crippen molar-refractivity contribution in [2.24, 2.45) is 0 Å². The lowest BCUT2D eigenvalue weighted by molar-refractivity contribution is 0.133. The Labute approximate surface area is 94.8 Å². The van der Waals surface area contributed by atoms with E-state index in [1.807, 2.05) is 6.92 Å². The van der Waals surface area contributed by atoms with Crippen LogP contribution in [0.2, 0.25) is 0 Å². The molecule has 0 heterocycles. The lowest BCUT2D eigenvalue weighted by atomic mass is 10.2. The molecule has 12 heavy (non-hydrogen) atoms. The van der Waals surface area contributed by atoms with Crippen LogP contribution in [0, 0.1) is 3.57 Å². The number of ether oxygens (including phenoxy) is 1. The molecule has 0 N–H and O–H groups in total. The first-order valence-corrected chi connectivity index (χ1v) is 5.63. The maximum absolute atomic E-state index is 5.32. The van der Waals surface area contributed by atoms with Crippen molar-refractivity contribution in [3.63, 3.8) is 0 Å². The number of hydrogen-bond acceptors (Lipinski definition) is 1. The van der Waals surface area contributed by atoms with Gasteiger partial charge in [-0.05, 0) is 53.3 Å². The van der Waals surface area contributed by atoms with E-state index in [0.717, 1.165) is 11.1 Å². The summed E-state index contributed by atoms with van der Waals surface area (Å²) in [7, 11) is 0. The van der Waals surface area contributed by atoms with Gasteiger partial charge in [0, 0.05) is 14.6 Å². The molecule has 0 aliphatic carbocycles. The zero-order valence-electron chi connectivity index (χ0n) is 6.81. The van der Waals surface area contributed by atoms with Gasteiger partial charge in [-0.1, -0.05) is 15.9 Å². The van der Waals surface area contributed by atoms with Crippen molar-refractivity contribution >= 4 is 38.5 Å². The maximum atomic E-state index is 5.32. The molecule has 0 bridgehead atoms. The van der Waals surface area contributed by atoms with Crippen LogP contribution in [0.25, 0.3) is 0 Å². The van der Waals surface area contributed by atoms with E-state index in [1.54, 1.807) is 0 Å². The lowest BCUT2D eigenvalue weighted by Gasteiger charge is -2.04. The molecule has 1 aromatic rings. The van der Waals surface area contributed by atoms with Gasteiger partial charge in [-0.3, -0.25) is 0 Å². The van der Waals surface area contributed by atoms with Gasteiger partial charge in [0.05, 0.1) is 6.61 Å². The molecule has 0 unspecified atom stereocenters. The average molecular weight is 341 g/mol. The highest BCUT2D eigenvalue weighted by Crippen LogP contribution is 2.20. The van der Waals surface area contributed by atoms with Crippen molar-refractivity contribution in [3.05, 3.63) is 31.8 Å². The van der Waals surface area contributed by atoms with Gasteiger partial charge in [0.2, 0.25) is 0 Å². The molecule has 0 aromatic heterocycles. The first-order chi connectivity index (χ1) is 5.74. The summed E-state index contributed by atoms with van der Waals surface area (Å²) in [6, 6.07) is 6.25. The highest BCUT2D eigenvalue weighted by Gasteiger charge is 1.99. The summed E-state index contributed by atoms with van der Waals surface area (Å²) in [6.45, 7) is 3.45. The largest absolute Gasteiger partial charge is 0.377 e. The minimum Gasteiger partial charge on any atom is -0.377 e. The number of rotatable bonds is 3. The van der Waals surface area contributed by atoms with Crippen molar-refractivity contribution < 1.29 is 4.74 Å². The van der Waals surface area contributed by atoms with Gasteiger partial charge in [-0.15, -0.1) is 0 Å². The van der Waals surface area contributed by atoms with Crippen molar-refractivity contribution in [2.45, 2.75) is 13.5 Å². The molecule has 0 saturated heterocycles. The van der Waals surface area contributed by atoms with Crippen molar-refractivity contribution in [2.75, 3.05) is 6.61 Å². The van der Waals surface area contributed by atoms with E-state index in [-0.39, 0.29) is 0 Å². The van der Waals surface area contributed by atoms with E-state index in [9.17, 15) is 0 Å². The Morgan fingerprint density at radius 2 is 2.25 bits per heavy atom. The van der Waals surface area contributed by atoms with Crippen molar-refractivity contribution in [3.8, 4) is 0 Å². The molecular formula is C9H10BrIO. The number of halogens is 2. The topological polar surface area (TPSA) is 9.23 Å². The third-order valence-corrected chi connectivity index (χ3v) is 2.91. The molecule has 0 saturated carbocycles. The van der Waals surface area contributed by atoms with Crippen LogP contribution in [0.5, 0.6) is 0 Å². The Bertz CT molecular complexity index is 263. The van der Waals surface area contributed by atoms with Crippen LogP contribution in [0.1, 0.15) is 12.5 Å². The summed E-state index contributed by atoms with van der Waals surface area (Å²) in [5.41, 5.74) is 1.21. The molecule has 0 atom stereocenters. The van der Waals surface area contributed by atoms with Crippen LogP contribution >= 0.6 is 38.5 Å². The minimum atomic E-state index is 0.688. The zero-order valence-corrected chi connectivity index (χ0v) is 10.6. The van der Waals surface area contributed by atoms with E-state index in [4.69, 9.17) is 4.74 Å². The van der Waals surface area contributed by atoms with Gasteiger partial charge in [0.1, 0.15) is 0 Å². The van der Waals surface area contributed by atoms with Crippen LogP contribution < -0.4 is 0 Å². The fraction of sp³-hybridized carbons (Fsp3) is 0.333. The van der Waals surface area contributed by atoms with Crippen LogP contribution in [0.3, 0.4) is 0 Å². The Balaban J connectivity index is 2.75. The van der Waals surface area contributed by atoms with Crippen molar-refractivity contribution in [1.29, 1.82) is 0 Å². The SMILES string of the molecule is CCOCc1cc(I)ccc1Br. The summed E-state index contributed by atoms with van der Waals surface area (Å²) in [5.74, 6) is 0. The van der Waals surface area contributed by atoms with Crippen LogP contribution in [-0.4, -0.2) is 6.61 Å². The Kier molecular flexibility index (Phi) is 4.53. The van der Waals surface area contributed by atoms with Crippen LogP contribution in [0.4, 0.5) is 0 Å². The molecule has 0 aliphatic heterocycles. The van der Waals surface area contributed by atoms with E-state index in [2.05, 4.69) is 56.7 Å². The predicted octanol–water partition coefficient (Wildman–Crippen LogP) is 3.59. The number of benzene rings is 1. The zero-order chi connectivity index (χ0) is 8.97. The molecule has 0 radical (unpaired) electrons. The minimum absolute atomic E-state index is 0.688. The third-order valence-electron chi connectivity index (χ3n) is 1.47. The van der Waals surface area contributed by atoms with Crippen LogP contribution in [0.15, 0.2) is 22.7 Å². The summed E-state index contributed by atoms with van der Waals surface area (Å²) in [5, 5.41) is 0. The quantitative estimate of drug-likeness (QED) is 0.764. The Hall–Kier alpha value is 0.390. The third kappa shape index (κ3) is 3.03. The molecule has 66 valence electrons. The molecule has 1 rings (SSSR count). The van der Waals surface area contributed by atoms with E-state index in [1.165, 1.54) is 9.13 Å². The van der Waals surface area contributed by atoms with Gasteiger partial charge in [-0.2, -0.15) is 0 Å². The van der Waals surface area contributed by atoms with E-state index < -0.39 is 0 Å². The molecule has 0 fully saturated rings. The fourth-order valence-electron chi connectivity index (χ4n) is 0.866. The lowest BCUT2D eigenvalue weighted by Crippen LogP contribution is -1.93. The molecule has 1 aromatic carbocycles. The first-order valence-electron chi connectivity index (χ1n) is 3.75. The van der Waals surface area contributed by atoms with Crippen LogP contribution in [-0.2, 0) is 11.3 Å². The summed E-state index contributed by atoms with van der Waals surface area (Å²) in [4.78, 5) is 0. The standard InChI is InChI=1S/C9H10BrIO/c1-2-12-6-7-5-8(11)3-4-9(7)10/h3-5H,2,6H2,1H3. The Morgan fingerprint density at radius 3 is 2.92 bits per heavy atom.